The number of carbonyl (C=O) groups excluding carboxylic acids is 3. The third-order valence-electron chi connectivity index (χ3n) is 3.66. The molecule has 1 rings (SSSR count). The van der Waals surface area contributed by atoms with Gasteiger partial charge in [0.1, 0.15) is 18.1 Å². The molecule has 0 saturated carbocycles. The average Bonchev–Trinajstić information content (AvgIpc) is 3.05. The van der Waals surface area contributed by atoms with Gasteiger partial charge in [0.2, 0.25) is 17.7 Å². The summed E-state index contributed by atoms with van der Waals surface area (Å²) in [6.07, 6.45) is 1.15. The van der Waals surface area contributed by atoms with E-state index in [2.05, 4.69) is 35.9 Å². The van der Waals surface area contributed by atoms with Gasteiger partial charge in [-0.2, -0.15) is 25.3 Å². The standard InChI is InChI=1S/C13H22N4O5S2/c14-4-10(18)17-3-1-2-9(17)12(20)15-7(5-23)11(19)16-8(6-24)13(21)22/h7-9,23-24H,1-6,14H2,(H,15,20)(H,16,19)(H,21,22). The van der Waals surface area contributed by atoms with E-state index in [1.54, 1.807) is 0 Å². The molecule has 1 saturated heterocycles. The third kappa shape index (κ3) is 5.28. The number of aliphatic carboxylic acids is 1. The molecule has 11 heteroatoms. The number of hydrogen-bond donors (Lipinski definition) is 6. The van der Waals surface area contributed by atoms with Crippen LogP contribution in [0, 0.1) is 0 Å². The van der Waals surface area contributed by atoms with E-state index in [9.17, 15) is 19.2 Å². The van der Waals surface area contributed by atoms with Crippen LogP contribution in [-0.2, 0) is 19.2 Å². The Bertz CT molecular complexity index is 505. The Balaban J connectivity index is 2.70. The van der Waals surface area contributed by atoms with Gasteiger partial charge < -0.3 is 26.4 Å². The van der Waals surface area contributed by atoms with E-state index in [1.165, 1.54) is 4.90 Å². The van der Waals surface area contributed by atoms with Crippen LogP contribution < -0.4 is 16.4 Å². The van der Waals surface area contributed by atoms with E-state index >= 15 is 0 Å². The summed E-state index contributed by atoms with van der Waals surface area (Å²) in [5.74, 6) is -2.82. The minimum atomic E-state index is -1.22. The molecule has 0 bridgehead atoms. The highest BCUT2D eigenvalue weighted by atomic mass is 32.1. The van der Waals surface area contributed by atoms with E-state index in [0.717, 1.165) is 0 Å². The van der Waals surface area contributed by atoms with Gasteiger partial charge >= 0.3 is 5.97 Å². The van der Waals surface area contributed by atoms with E-state index in [0.29, 0.717) is 19.4 Å². The molecule has 0 radical (unpaired) electrons. The van der Waals surface area contributed by atoms with Crippen molar-refractivity contribution in [2.24, 2.45) is 5.73 Å². The summed E-state index contributed by atoms with van der Waals surface area (Å²) in [4.78, 5) is 48.5. The number of amides is 3. The normalized spacial score (nSPS) is 19.5. The number of nitrogens with two attached hydrogens (primary N) is 1. The van der Waals surface area contributed by atoms with E-state index in [-0.39, 0.29) is 24.0 Å². The van der Waals surface area contributed by atoms with Crippen molar-refractivity contribution >= 4 is 48.9 Å². The third-order valence-corrected chi connectivity index (χ3v) is 4.39. The lowest BCUT2D eigenvalue weighted by Gasteiger charge is -2.26. The SMILES string of the molecule is NCC(=O)N1CCCC1C(=O)NC(CS)C(=O)NC(CS)C(=O)O. The van der Waals surface area contributed by atoms with Gasteiger partial charge in [0, 0.05) is 18.1 Å². The first-order valence-electron chi connectivity index (χ1n) is 7.40. The van der Waals surface area contributed by atoms with Gasteiger partial charge in [-0.15, -0.1) is 0 Å². The number of carboxylic acids is 1. The van der Waals surface area contributed by atoms with Crippen molar-refractivity contribution in [3.63, 3.8) is 0 Å². The predicted molar refractivity (Wildman–Crippen MR) is 93.0 cm³/mol. The van der Waals surface area contributed by atoms with Crippen molar-refractivity contribution in [3.05, 3.63) is 0 Å². The maximum Gasteiger partial charge on any atom is 0.327 e. The zero-order valence-corrected chi connectivity index (χ0v) is 14.8. The van der Waals surface area contributed by atoms with Crippen LogP contribution in [0.4, 0.5) is 0 Å². The molecule has 1 heterocycles. The molecular weight excluding hydrogens is 356 g/mol. The number of hydrogen-bond acceptors (Lipinski definition) is 7. The number of nitrogens with zero attached hydrogens (tertiary/aromatic N) is 1. The lowest BCUT2D eigenvalue weighted by Crippen LogP contribution is -2.56. The summed E-state index contributed by atoms with van der Waals surface area (Å²) in [5, 5.41) is 13.7. The molecule has 1 fully saturated rings. The first kappa shape index (κ1) is 20.6. The summed E-state index contributed by atoms with van der Waals surface area (Å²) >= 11 is 7.87. The molecule has 9 nitrogen and oxygen atoms in total. The number of carboxylic acid groups (broad SMARTS) is 1. The van der Waals surface area contributed by atoms with Gasteiger partial charge in [0.15, 0.2) is 0 Å². The maximum absolute atomic E-state index is 12.3. The Kier molecular flexibility index (Phi) is 8.36. The van der Waals surface area contributed by atoms with Crippen LogP contribution in [0.1, 0.15) is 12.8 Å². The summed E-state index contributed by atoms with van der Waals surface area (Å²) in [6, 6.07) is -2.86. The average molecular weight is 378 g/mol. The first-order chi connectivity index (χ1) is 11.3. The molecule has 3 amide bonds. The van der Waals surface area contributed by atoms with Crippen molar-refractivity contribution < 1.29 is 24.3 Å². The Labute approximate surface area is 150 Å². The summed E-state index contributed by atoms with van der Waals surface area (Å²) in [6.45, 7) is 0.245. The summed E-state index contributed by atoms with van der Waals surface area (Å²) in [7, 11) is 0. The molecule has 0 aromatic rings. The number of nitrogens with one attached hydrogen (secondary N) is 2. The highest BCUT2D eigenvalue weighted by molar-refractivity contribution is 7.80. The van der Waals surface area contributed by atoms with Crippen LogP contribution in [0.15, 0.2) is 0 Å². The summed E-state index contributed by atoms with van der Waals surface area (Å²) in [5.41, 5.74) is 5.33. The fourth-order valence-electron chi connectivity index (χ4n) is 2.37. The van der Waals surface area contributed by atoms with E-state index in [1.807, 2.05) is 0 Å². The Morgan fingerprint density at radius 3 is 2.29 bits per heavy atom. The number of thiol groups is 2. The number of rotatable bonds is 8. The highest BCUT2D eigenvalue weighted by Crippen LogP contribution is 2.17. The molecule has 1 aliphatic rings. The topological polar surface area (TPSA) is 142 Å². The molecule has 24 heavy (non-hydrogen) atoms. The molecule has 0 spiro atoms. The second-order valence-corrected chi connectivity index (χ2v) is 6.01. The van der Waals surface area contributed by atoms with Crippen molar-refractivity contribution in [1.29, 1.82) is 0 Å². The van der Waals surface area contributed by atoms with Crippen molar-refractivity contribution in [1.82, 2.24) is 15.5 Å². The number of carbonyl (C=O) groups is 4. The number of likely N-dealkylation sites (tertiary alicyclic amines) is 1. The van der Waals surface area contributed by atoms with Crippen LogP contribution in [0.3, 0.4) is 0 Å². The lowest BCUT2D eigenvalue weighted by molar-refractivity contribution is -0.142. The van der Waals surface area contributed by atoms with Crippen LogP contribution in [0.25, 0.3) is 0 Å². The van der Waals surface area contributed by atoms with Crippen LogP contribution in [-0.4, -0.2) is 76.4 Å². The maximum atomic E-state index is 12.3. The molecule has 0 aromatic carbocycles. The zero-order valence-electron chi connectivity index (χ0n) is 13.0. The fraction of sp³-hybridized carbons (Fsp3) is 0.692. The summed E-state index contributed by atoms with van der Waals surface area (Å²) < 4.78 is 0. The molecule has 136 valence electrons. The Hall–Kier alpha value is -1.46. The van der Waals surface area contributed by atoms with Crippen molar-refractivity contribution in [2.45, 2.75) is 31.0 Å². The quantitative estimate of drug-likeness (QED) is 0.266. The lowest BCUT2D eigenvalue weighted by atomic mass is 10.2. The van der Waals surface area contributed by atoms with Gasteiger partial charge in [-0.05, 0) is 12.8 Å². The van der Waals surface area contributed by atoms with E-state index in [4.69, 9.17) is 10.8 Å². The fourth-order valence-corrected chi connectivity index (χ4v) is 2.88. The second kappa shape index (κ2) is 9.74. The van der Waals surface area contributed by atoms with Crippen molar-refractivity contribution in [2.75, 3.05) is 24.6 Å². The van der Waals surface area contributed by atoms with Crippen LogP contribution in [0.2, 0.25) is 0 Å². The minimum Gasteiger partial charge on any atom is -0.480 e. The Morgan fingerprint density at radius 2 is 1.79 bits per heavy atom. The molecule has 0 aromatic heterocycles. The molecule has 0 aliphatic carbocycles. The molecule has 3 unspecified atom stereocenters. The van der Waals surface area contributed by atoms with Gasteiger partial charge in [-0.25, -0.2) is 4.79 Å². The highest BCUT2D eigenvalue weighted by Gasteiger charge is 2.35. The minimum absolute atomic E-state index is 0.0198. The van der Waals surface area contributed by atoms with Gasteiger partial charge in [0.25, 0.3) is 0 Å². The molecule has 1 aliphatic heterocycles. The molecule has 3 atom stereocenters. The van der Waals surface area contributed by atoms with Gasteiger partial charge in [0.05, 0.1) is 6.54 Å². The van der Waals surface area contributed by atoms with Gasteiger partial charge in [-0.3, -0.25) is 14.4 Å². The monoisotopic (exact) mass is 378 g/mol. The Morgan fingerprint density at radius 1 is 1.17 bits per heavy atom. The molecule has 5 N–H and O–H groups in total. The van der Waals surface area contributed by atoms with E-state index < -0.39 is 35.9 Å². The zero-order chi connectivity index (χ0) is 18.3. The predicted octanol–water partition coefficient (Wildman–Crippen LogP) is -2.15. The van der Waals surface area contributed by atoms with Crippen molar-refractivity contribution in [3.8, 4) is 0 Å². The second-order valence-electron chi connectivity index (χ2n) is 5.28. The largest absolute Gasteiger partial charge is 0.480 e. The van der Waals surface area contributed by atoms with Crippen LogP contribution in [0.5, 0.6) is 0 Å². The van der Waals surface area contributed by atoms with Gasteiger partial charge in [-0.1, -0.05) is 0 Å². The van der Waals surface area contributed by atoms with Crippen LogP contribution >= 0.6 is 25.3 Å². The molecular formula is C13H22N4O5S2. The smallest absolute Gasteiger partial charge is 0.327 e. The first-order valence-corrected chi connectivity index (χ1v) is 8.67.